The zero-order valence-electron chi connectivity index (χ0n) is 11.9. The van der Waals surface area contributed by atoms with E-state index in [4.69, 9.17) is 0 Å². The number of rotatable bonds is 4. The highest BCUT2D eigenvalue weighted by atomic mass is 16.2. The van der Waals surface area contributed by atoms with Crippen LogP contribution in [0.5, 0.6) is 0 Å². The average molecular weight is 255 g/mol. The molecule has 1 aliphatic heterocycles. The van der Waals surface area contributed by atoms with Crippen LogP contribution in [-0.2, 0) is 9.59 Å². The predicted molar refractivity (Wildman–Crippen MR) is 71.1 cm³/mol. The predicted octanol–water partition coefficient (Wildman–Crippen LogP) is 0.265. The van der Waals surface area contributed by atoms with Gasteiger partial charge in [-0.1, -0.05) is 6.92 Å². The van der Waals surface area contributed by atoms with Gasteiger partial charge >= 0.3 is 0 Å². The van der Waals surface area contributed by atoms with Crippen molar-refractivity contribution in [3.05, 3.63) is 0 Å². The number of hydrogen-bond donors (Lipinski definition) is 3. The van der Waals surface area contributed by atoms with Crippen LogP contribution in [0.3, 0.4) is 0 Å². The SMILES string of the molecule is CNC(=O)C(C)(C)CNC(=O)C1(C)CCNCC1. The molecule has 0 aliphatic carbocycles. The van der Waals surface area contributed by atoms with Gasteiger partial charge in [0.2, 0.25) is 11.8 Å². The molecule has 0 bridgehead atoms. The van der Waals surface area contributed by atoms with E-state index in [-0.39, 0.29) is 17.2 Å². The largest absolute Gasteiger partial charge is 0.359 e. The molecule has 1 fully saturated rings. The van der Waals surface area contributed by atoms with Gasteiger partial charge in [-0.3, -0.25) is 9.59 Å². The fraction of sp³-hybridized carbons (Fsp3) is 0.846. The zero-order valence-corrected chi connectivity index (χ0v) is 11.9. The molecule has 1 saturated heterocycles. The molecule has 1 rings (SSSR count). The molecule has 0 spiro atoms. The zero-order chi connectivity index (χ0) is 13.8. The quantitative estimate of drug-likeness (QED) is 0.675. The van der Waals surface area contributed by atoms with Crippen LogP contribution in [-0.4, -0.2) is 38.5 Å². The fourth-order valence-corrected chi connectivity index (χ4v) is 2.14. The van der Waals surface area contributed by atoms with E-state index >= 15 is 0 Å². The van der Waals surface area contributed by atoms with Crippen LogP contribution in [0.25, 0.3) is 0 Å². The summed E-state index contributed by atoms with van der Waals surface area (Å²) in [5.41, 5.74) is -0.877. The molecule has 0 atom stereocenters. The normalized spacial score (nSPS) is 19.1. The summed E-state index contributed by atoms with van der Waals surface area (Å²) in [4.78, 5) is 23.8. The Bertz CT molecular complexity index is 320. The molecule has 5 heteroatoms. The third-order valence-corrected chi connectivity index (χ3v) is 3.79. The highest BCUT2D eigenvalue weighted by Crippen LogP contribution is 2.28. The average Bonchev–Trinajstić information content (AvgIpc) is 2.35. The molecule has 0 radical (unpaired) electrons. The van der Waals surface area contributed by atoms with Gasteiger partial charge in [0.05, 0.1) is 5.41 Å². The third-order valence-electron chi connectivity index (χ3n) is 3.79. The van der Waals surface area contributed by atoms with Gasteiger partial charge in [0.1, 0.15) is 0 Å². The van der Waals surface area contributed by atoms with Crippen LogP contribution in [0.2, 0.25) is 0 Å². The summed E-state index contributed by atoms with van der Waals surface area (Å²) < 4.78 is 0. The van der Waals surface area contributed by atoms with Crippen LogP contribution in [0.4, 0.5) is 0 Å². The van der Waals surface area contributed by atoms with E-state index in [9.17, 15) is 9.59 Å². The van der Waals surface area contributed by atoms with Crippen molar-refractivity contribution in [1.82, 2.24) is 16.0 Å². The number of hydrogen-bond acceptors (Lipinski definition) is 3. The maximum absolute atomic E-state index is 12.2. The Morgan fingerprint density at radius 1 is 1.28 bits per heavy atom. The minimum Gasteiger partial charge on any atom is -0.359 e. The minimum atomic E-state index is -0.576. The molecule has 0 aromatic rings. The van der Waals surface area contributed by atoms with Crippen molar-refractivity contribution >= 4 is 11.8 Å². The first-order valence-corrected chi connectivity index (χ1v) is 6.53. The highest BCUT2D eigenvalue weighted by Gasteiger charge is 2.36. The Hall–Kier alpha value is -1.10. The van der Waals surface area contributed by atoms with Crippen LogP contribution < -0.4 is 16.0 Å². The Morgan fingerprint density at radius 2 is 1.83 bits per heavy atom. The second-order valence-corrected chi connectivity index (χ2v) is 5.96. The highest BCUT2D eigenvalue weighted by molar-refractivity contribution is 5.85. The number of amides is 2. The van der Waals surface area contributed by atoms with E-state index in [1.54, 1.807) is 7.05 Å². The van der Waals surface area contributed by atoms with Crippen LogP contribution in [0.1, 0.15) is 33.6 Å². The standard InChI is InChI=1S/C13H25N3O2/c1-12(2,10(17)14-4)9-16-11(18)13(3)5-7-15-8-6-13/h15H,5-9H2,1-4H3,(H,14,17)(H,16,18). The van der Waals surface area contributed by atoms with E-state index in [2.05, 4.69) is 16.0 Å². The molecule has 0 unspecified atom stereocenters. The van der Waals surface area contributed by atoms with Crippen LogP contribution in [0.15, 0.2) is 0 Å². The summed E-state index contributed by atoms with van der Waals surface area (Å²) in [5.74, 6) is -0.000702. The maximum Gasteiger partial charge on any atom is 0.227 e. The molecule has 0 saturated carbocycles. The Balaban J connectivity index is 2.52. The second kappa shape index (κ2) is 5.69. The van der Waals surface area contributed by atoms with Gasteiger partial charge in [0.15, 0.2) is 0 Å². The number of carbonyl (C=O) groups is 2. The van der Waals surface area contributed by atoms with Crippen molar-refractivity contribution in [2.75, 3.05) is 26.7 Å². The molecule has 18 heavy (non-hydrogen) atoms. The van der Waals surface area contributed by atoms with E-state index < -0.39 is 5.41 Å². The van der Waals surface area contributed by atoms with Crippen molar-refractivity contribution < 1.29 is 9.59 Å². The van der Waals surface area contributed by atoms with Gasteiger partial charge in [-0.25, -0.2) is 0 Å². The summed E-state index contributed by atoms with van der Waals surface area (Å²) in [7, 11) is 1.61. The molecular weight excluding hydrogens is 230 g/mol. The first kappa shape index (κ1) is 15.0. The molecule has 0 aromatic carbocycles. The molecule has 0 aromatic heterocycles. The van der Waals surface area contributed by atoms with Crippen molar-refractivity contribution in [3.8, 4) is 0 Å². The molecular formula is C13H25N3O2. The lowest BCUT2D eigenvalue weighted by molar-refractivity contribution is -0.133. The minimum absolute atomic E-state index is 0.0565. The van der Waals surface area contributed by atoms with Crippen LogP contribution in [0, 0.1) is 10.8 Å². The van der Waals surface area contributed by atoms with Gasteiger partial charge in [0, 0.05) is 19.0 Å². The molecule has 104 valence electrons. The van der Waals surface area contributed by atoms with Gasteiger partial charge in [0.25, 0.3) is 0 Å². The summed E-state index contributed by atoms with van der Waals surface area (Å²) in [6.45, 7) is 7.78. The van der Waals surface area contributed by atoms with Crippen molar-refractivity contribution in [3.63, 3.8) is 0 Å². The molecule has 5 nitrogen and oxygen atoms in total. The Kier molecular flexibility index (Phi) is 4.73. The number of carbonyl (C=O) groups excluding carboxylic acids is 2. The summed E-state index contributed by atoms with van der Waals surface area (Å²) in [5, 5.41) is 8.79. The summed E-state index contributed by atoms with van der Waals surface area (Å²) in [6, 6.07) is 0. The fourth-order valence-electron chi connectivity index (χ4n) is 2.14. The van der Waals surface area contributed by atoms with E-state index in [0.29, 0.717) is 6.54 Å². The maximum atomic E-state index is 12.2. The van der Waals surface area contributed by atoms with E-state index in [1.165, 1.54) is 0 Å². The van der Waals surface area contributed by atoms with E-state index in [1.807, 2.05) is 20.8 Å². The Labute approximate surface area is 109 Å². The molecule has 1 heterocycles. The smallest absolute Gasteiger partial charge is 0.227 e. The first-order valence-electron chi connectivity index (χ1n) is 6.53. The van der Waals surface area contributed by atoms with Crippen molar-refractivity contribution in [2.45, 2.75) is 33.6 Å². The van der Waals surface area contributed by atoms with Crippen LogP contribution >= 0.6 is 0 Å². The van der Waals surface area contributed by atoms with E-state index in [0.717, 1.165) is 25.9 Å². The summed E-state index contributed by atoms with van der Waals surface area (Å²) in [6.07, 6.45) is 1.69. The van der Waals surface area contributed by atoms with Gasteiger partial charge < -0.3 is 16.0 Å². The lowest BCUT2D eigenvalue weighted by Gasteiger charge is -2.34. The lowest BCUT2D eigenvalue weighted by atomic mass is 9.79. The van der Waals surface area contributed by atoms with Crippen molar-refractivity contribution in [1.29, 1.82) is 0 Å². The van der Waals surface area contributed by atoms with Gasteiger partial charge in [-0.15, -0.1) is 0 Å². The van der Waals surface area contributed by atoms with Gasteiger partial charge in [-0.2, -0.15) is 0 Å². The second-order valence-electron chi connectivity index (χ2n) is 5.96. The van der Waals surface area contributed by atoms with Crippen molar-refractivity contribution in [2.24, 2.45) is 10.8 Å². The topological polar surface area (TPSA) is 70.2 Å². The first-order chi connectivity index (χ1) is 8.32. The molecule has 2 amide bonds. The third kappa shape index (κ3) is 3.45. The number of piperidine rings is 1. The molecule has 3 N–H and O–H groups in total. The Morgan fingerprint density at radius 3 is 2.33 bits per heavy atom. The lowest BCUT2D eigenvalue weighted by Crippen LogP contribution is -2.50. The van der Waals surface area contributed by atoms with Gasteiger partial charge in [-0.05, 0) is 39.8 Å². The monoisotopic (exact) mass is 255 g/mol. The number of nitrogens with one attached hydrogen (secondary N) is 3. The summed E-state index contributed by atoms with van der Waals surface area (Å²) >= 11 is 0. The molecule has 1 aliphatic rings.